The Morgan fingerprint density at radius 1 is 1.33 bits per heavy atom. The summed E-state index contributed by atoms with van der Waals surface area (Å²) >= 11 is 0. The predicted octanol–water partition coefficient (Wildman–Crippen LogP) is 2.09. The molecule has 0 spiro atoms. The second-order valence-electron chi connectivity index (χ2n) is 5.25. The van der Waals surface area contributed by atoms with E-state index in [0.29, 0.717) is 18.5 Å². The van der Waals surface area contributed by atoms with Crippen LogP contribution in [0.4, 0.5) is 4.79 Å². The minimum absolute atomic E-state index is 0.0153. The van der Waals surface area contributed by atoms with Crippen molar-refractivity contribution in [3.8, 4) is 0 Å². The van der Waals surface area contributed by atoms with E-state index in [1.807, 2.05) is 37.3 Å². The number of ether oxygens (including phenoxy) is 1. The number of benzene rings is 1. The summed E-state index contributed by atoms with van der Waals surface area (Å²) in [6.07, 6.45) is 2.81. The first-order valence-corrected chi connectivity index (χ1v) is 7.25. The van der Waals surface area contributed by atoms with Crippen molar-refractivity contribution in [3.05, 3.63) is 41.5 Å². The number of rotatable bonds is 2. The monoisotopic (exact) mass is 286 g/mol. The molecule has 2 amide bonds. The van der Waals surface area contributed by atoms with Crippen LogP contribution >= 0.6 is 0 Å². The molecule has 0 radical (unpaired) electrons. The van der Waals surface area contributed by atoms with Crippen LogP contribution < -0.4 is 10.6 Å². The van der Waals surface area contributed by atoms with Crippen molar-refractivity contribution < 1.29 is 14.3 Å². The lowest BCUT2D eigenvalue weighted by Crippen LogP contribution is -2.43. The van der Waals surface area contributed by atoms with E-state index in [1.165, 1.54) is 0 Å². The molecule has 0 aromatic heterocycles. The number of fused-ring (bicyclic) bond motifs is 3. The molecule has 0 fully saturated rings. The Hall–Kier alpha value is -2.30. The van der Waals surface area contributed by atoms with Crippen molar-refractivity contribution >= 4 is 17.6 Å². The molecule has 5 heteroatoms. The second-order valence-corrected chi connectivity index (χ2v) is 5.25. The highest BCUT2D eigenvalue weighted by Gasteiger charge is 2.32. The molecule has 110 valence electrons. The van der Waals surface area contributed by atoms with Crippen LogP contribution in [-0.4, -0.2) is 30.7 Å². The molecular weight excluding hydrogens is 268 g/mol. The van der Waals surface area contributed by atoms with Gasteiger partial charge in [-0.3, -0.25) is 4.79 Å². The van der Waals surface area contributed by atoms with Gasteiger partial charge in [-0.15, -0.1) is 0 Å². The zero-order chi connectivity index (χ0) is 14.8. The van der Waals surface area contributed by atoms with Crippen LogP contribution in [0.15, 0.2) is 30.3 Å². The van der Waals surface area contributed by atoms with Crippen LogP contribution in [0, 0.1) is 0 Å². The van der Waals surface area contributed by atoms with E-state index < -0.39 is 6.09 Å². The van der Waals surface area contributed by atoms with Crippen molar-refractivity contribution in [2.45, 2.75) is 31.9 Å². The molecule has 2 unspecified atom stereocenters. The van der Waals surface area contributed by atoms with Gasteiger partial charge >= 0.3 is 6.09 Å². The smallest absolute Gasteiger partial charge is 0.407 e. The summed E-state index contributed by atoms with van der Waals surface area (Å²) in [5.74, 6) is -0.0316. The van der Waals surface area contributed by atoms with Crippen molar-refractivity contribution in [1.29, 1.82) is 0 Å². The topological polar surface area (TPSA) is 67.4 Å². The molecule has 5 nitrogen and oxygen atoms in total. The Balaban J connectivity index is 1.88. The van der Waals surface area contributed by atoms with Crippen LogP contribution in [-0.2, 0) is 4.74 Å². The van der Waals surface area contributed by atoms with Gasteiger partial charge in [0.15, 0.2) is 0 Å². The predicted molar refractivity (Wildman–Crippen MR) is 78.9 cm³/mol. The lowest BCUT2D eigenvalue weighted by atomic mass is 9.82. The molecule has 2 atom stereocenters. The van der Waals surface area contributed by atoms with Gasteiger partial charge < -0.3 is 15.4 Å². The molecule has 1 heterocycles. The molecular formula is C16H18N2O3. The van der Waals surface area contributed by atoms with Gasteiger partial charge in [0, 0.05) is 12.1 Å². The summed E-state index contributed by atoms with van der Waals surface area (Å²) in [6.45, 7) is 2.40. The van der Waals surface area contributed by atoms with Crippen LogP contribution in [0.2, 0.25) is 0 Å². The lowest BCUT2D eigenvalue weighted by Gasteiger charge is -2.33. The van der Waals surface area contributed by atoms with Gasteiger partial charge in [-0.2, -0.15) is 0 Å². The summed E-state index contributed by atoms with van der Waals surface area (Å²) in [4.78, 5) is 23.6. The summed E-state index contributed by atoms with van der Waals surface area (Å²) in [7, 11) is 0. The van der Waals surface area contributed by atoms with Crippen molar-refractivity contribution in [3.63, 3.8) is 0 Å². The molecule has 21 heavy (non-hydrogen) atoms. The Kier molecular flexibility index (Phi) is 3.64. The highest BCUT2D eigenvalue weighted by atomic mass is 16.6. The fourth-order valence-electron chi connectivity index (χ4n) is 2.90. The van der Waals surface area contributed by atoms with Gasteiger partial charge in [0.25, 0.3) is 5.91 Å². The highest BCUT2D eigenvalue weighted by Crippen LogP contribution is 2.33. The number of carbonyl (C=O) groups excluding carboxylic acids is 2. The van der Waals surface area contributed by atoms with E-state index >= 15 is 0 Å². The molecule has 2 N–H and O–H groups in total. The molecule has 1 aromatic carbocycles. The summed E-state index contributed by atoms with van der Waals surface area (Å²) in [5.41, 5.74) is 2.67. The van der Waals surface area contributed by atoms with Crippen molar-refractivity contribution in [2.24, 2.45) is 0 Å². The molecule has 1 aliphatic heterocycles. The Morgan fingerprint density at radius 2 is 2.10 bits per heavy atom. The van der Waals surface area contributed by atoms with Gasteiger partial charge in [0.05, 0.1) is 6.04 Å². The molecule has 3 rings (SSSR count). The normalized spacial score (nSPS) is 23.3. The van der Waals surface area contributed by atoms with Gasteiger partial charge in [0.2, 0.25) is 0 Å². The van der Waals surface area contributed by atoms with E-state index in [9.17, 15) is 9.59 Å². The average molecular weight is 286 g/mol. The van der Waals surface area contributed by atoms with Crippen molar-refractivity contribution in [1.82, 2.24) is 10.6 Å². The molecule has 0 bridgehead atoms. The van der Waals surface area contributed by atoms with Gasteiger partial charge in [0.1, 0.15) is 6.10 Å². The van der Waals surface area contributed by atoms with Crippen LogP contribution in [0.5, 0.6) is 0 Å². The maximum atomic E-state index is 12.1. The number of carbonyl (C=O) groups is 2. The van der Waals surface area contributed by atoms with Gasteiger partial charge in [-0.1, -0.05) is 18.2 Å². The number of alkyl carbamates (subject to hydrolysis) is 1. The standard InChI is InChI=1S/C16H18N2O3/c1-2-17-16(20)21-10-7-8-14-13(9-10)11-5-3-4-6-12(11)15(19)18-14/h3-6,9-10,14H,2,7-8H2,1H3,(H,17,20)(H,18,19). The first-order chi connectivity index (χ1) is 10.2. The van der Waals surface area contributed by atoms with E-state index in [1.54, 1.807) is 0 Å². The third-order valence-corrected chi connectivity index (χ3v) is 3.85. The SMILES string of the molecule is CCNC(=O)OC1C=C2c3ccccc3C(=O)NC2CC1. The first-order valence-electron chi connectivity index (χ1n) is 7.25. The maximum absolute atomic E-state index is 12.1. The minimum Gasteiger partial charge on any atom is -0.442 e. The van der Waals surface area contributed by atoms with E-state index in [-0.39, 0.29) is 18.1 Å². The zero-order valence-electron chi connectivity index (χ0n) is 11.9. The lowest BCUT2D eigenvalue weighted by molar-refractivity contribution is 0.0915. The average Bonchev–Trinajstić information content (AvgIpc) is 2.48. The molecule has 0 saturated heterocycles. The highest BCUT2D eigenvalue weighted by molar-refractivity contribution is 6.03. The molecule has 2 aliphatic rings. The zero-order valence-corrected chi connectivity index (χ0v) is 11.9. The maximum Gasteiger partial charge on any atom is 0.407 e. The van der Waals surface area contributed by atoms with E-state index in [0.717, 1.165) is 17.6 Å². The van der Waals surface area contributed by atoms with Crippen LogP contribution in [0.3, 0.4) is 0 Å². The largest absolute Gasteiger partial charge is 0.442 e. The van der Waals surface area contributed by atoms with E-state index in [4.69, 9.17) is 4.74 Å². The molecule has 0 saturated carbocycles. The van der Waals surface area contributed by atoms with Crippen molar-refractivity contribution in [2.75, 3.05) is 6.54 Å². The van der Waals surface area contributed by atoms with E-state index in [2.05, 4.69) is 10.6 Å². The van der Waals surface area contributed by atoms with Gasteiger partial charge in [-0.05, 0) is 43.0 Å². The van der Waals surface area contributed by atoms with Crippen LogP contribution in [0.25, 0.3) is 5.57 Å². The third kappa shape index (κ3) is 2.63. The Labute approximate surface area is 123 Å². The second kappa shape index (κ2) is 5.60. The minimum atomic E-state index is -0.397. The number of hydrogen-bond donors (Lipinski definition) is 2. The third-order valence-electron chi connectivity index (χ3n) is 3.85. The summed E-state index contributed by atoms with van der Waals surface area (Å²) in [5, 5.41) is 5.64. The Morgan fingerprint density at radius 3 is 2.86 bits per heavy atom. The molecule has 1 aliphatic carbocycles. The number of nitrogens with one attached hydrogen (secondary N) is 2. The van der Waals surface area contributed by atoms with Crippen LogP contribution in [0.1, 0.15) is 35.7 Å². The van der Waals surface area contributed by atoms with Gasteiger partial charge in [-0.25, -0.2) is 4.79 Å². The fourth-order valence-corrected chi connectivity index (χ4v) is 2.90. The molecule has 1 aromatic rings. The summed E-state index contributed by atoms with van der Waals surface area (Å²) in [6, 6.07) is 7.55. The Bertz CT molecular complexity index is 609. The number of amides is 2. The fraction of sp³-hybridized carbons (Fsp3) is 0.375. The quantitative estimate of drug-likeness (QED) is 0.874. The number of hydrogen-bond acceptors (Lipinski definition) is 3. The summed E-state index contributed by atoms with van der Waals surface area (Å²) < 4.78 is 5.38. The first kappa shape index (κ1) is 13.7.